The fraction of sp³-hybridized carbons (Fsp3) is 0.533. The lowest BCUT2D eigenvalue weighted by atomic mass is 10.1. The lowest BCUT2D eigenvalue weighted by molar-refractivity contribution is -0.00832. The molecule has 1 saturated heterocycles. The molecule has 1 fully saturated rings. The number of ether oxygens (including phenoxy) is 2. The Bertz CT molecular complexity index is 484. The monoisotopic (exact) mass is 281 g/mol. The first kappa shape index (κ1) is 14.8. The van der Waals surface area contributed by atoms with Gasteiger partial charge in [-0.25, -0.2) is 9.18 Å². The van der Waals surface area contributed by atoms with E-state index >= 15 is 0 Å². The van der Waals surface area contributed by atoms with Crippen molar-refractivity contribution in [3.63, 3.8) is 0 Å². The highest BCUT2D eigenvalue weighted by Gasteiger charge is 2.33. The first-order valence-corrected chi connectivity index (χ1v) is 6.71. The van der Waals surface area contributed by atoms with Crippen LogP contribution in [-0.4, -0.2) is 36.0 Å². The molecule has 1 heterocycles. The molecule has 0 radical (unpaired) electrons. The third-order valence-electron chi connectivity index (χ3n) is 2.92. The molecule has 1 aromatic rings. The molecule has 0 spiro atoms. The van der Waals surface area contributed by atoms with E-state index in [0.717, 1.165) is 5.56 Å². The third kappa shape index (κ3) is 3.93. The molecule has 0 saturated carbocycles. The van der Waals surface area contributed by atoms with Crippen LogP contribution in [-0.2, 0) is 15.9 Å². The number of amides is 1. The van der Waals surface area contributed by atoms with Crippen molar-refractivity contribution in [1.29, 1.82) is 0 Å². The largest absolute Gasteiger partial charge is 0.444 e. The Balaban J connectivity index is 2.02. The van der Waals surface area contributed by atoms with Crippen LogP contribution in [0.4, 0.5) is 9.18 Å². The summed E-state index contributed by atoms with van der Waals surface area (Å²) in [7, 11) is 0. The Kier molecular flexibility index (Phi) is 4.28. The molecule has 1 atom stereocenters. The zero-order valence-electron chi connectivity index (χ0n) is 12.1. The van der Waals surface area contributed by atoms with Crippen molar-refractivity contribution in [1.82, 2.24) is 4.90 Å². The summed E-state index contributed by atoms with van der Waals surface area (Å²) in [5.74, 6) is -0.288. The van der Waals surface area contributed by atoms with Gasteiger partial charge in [-0.3, -0.25) is 4.90 Å². The van der Waals surface area contributed by atoms with Crippen molar-refractivity contribution in [3.05, 3.63) is 35.6 Å². The summed E-state index contributed by atoms with van der Waals surface area (Å²) in [6, 6.07) is 6.31. The van der Waals surface area contributed by atoms with Gasteiger partial charge >= 0.3 is 6.09 Å². The highest BCUT2D eigenvalue weighted by Crippen LogP contribution is 2.19. The van der Waals surface area contributed by atoms with Crippen LogP contribution in [0.5, 0.6) is 0 Å². The van der Waals surface area contributed by atoms with Gasteiger partial charge in [0.1, 0.15) is 17.6 Å². The van der Waals surface area contributed by atoms with Crippen LogP contribution in [0.25, 0.3) is 0 Å². The third-order valence-corrected chi connectivity index (χ3v) is 2.92. The van der Waals surface area contributed by atoms with Crippen LogP contribution in [0.2, 0.25) is 0 Å². The summed E-state index contributed by atoms with van der Waals surface area (Å²) in [5.41, 5.74) is 0.258. The minimum atomic E-state index is -0.539. The Morgan fingerprint density at radius 3 is 2.90 bits per heavy atom. The number of benzene rings is 1. The van der Waals surface area contributed by atoms with E-state index in [9.17, 15) is 9.18 Å². The molecular formula is C15H20FNO3. The van der Waals surface area contributed by atoms with Gasteiger partial charge in [-0.05, 0) is 38.5 Å². The second-order valence-corrected chi connectivity index (χ2v) is 5.83. The van der Waals surface area contributed by atoms with Gasteiger partial charge in [-0.1, -0.05) is 12.1 Å². The molecule has 0 aliphatic carbocycles. The summed E-state index contributed by atoms with van der Waals surface area (Å²) in [6.45, 7) is 6.43. The van der Waals surface area contributed by atoms with Crippen molar-refractivity contribution >= 4 is 6.09 Å². The first-order chi connectivity index (χ1) is 9.35. The van der Waals surface area contributed by atoms with Crippen molar-refractivity contribution in [2.45, 2.75) is 39.0 Å². The van der Waals surface area contributed by atoms with E-state index in [2.05, 4.69) is 0 Å². The van der Waals surface area contributed by atoms with Gasteiger partial charge in [0.25, 0.3) is 0 Å². The molecule has 2 rings (SSSR count). The Morgan fingerprint density at radius 2 is 2.25 bits per heavy atom. The van der Waals surface area contributed by atoms with Crippen molar-refractivity contribution in [2.24, 2.45) is 0 Å². The maximum atomic E-state index is 13.2. The fourth-order valence-electron chi connectivity index (χ4n) is 2.09. The van der Waals surface area contributed by atoms with Gasteiger partial charge in [0, 0.05) is 6.42 Å². The Hall–Kier alpha value is -1.62. The zero-order chi connectivity index (χ0) is 14.8. The van der Waals surface area contributed by atoms with Crippen molar-refractivity contribution < 1.29 is 18.7 Å². The fourth-order valence-corrected chi connectivity index (χ4v) is 2.09. The molecule has 5 heteroatoms. The second kappa shape index (κ2) is 5.79. The zero-order valence-corrected chi connectivity index (χ0v) is 12.1. The molecule has 0 aromatic heterocycles. The molecule has 1 unspecified atom stereocenters. The van der Waals surface area contributed by atoms with Gasteiger partial charge in [-0.2, -0.15) is 0 Å². The highest BCUT2D eigenvalue weighted by atomic mass is 19.1. The van der Waals surface area contributed by atoms with Gasteiger partial charge in [0.05, 0.1) is 13.2 Å². The minimum absolute atomic E-state index is 0.288. The first-order valence-electron chi connectivity index (χ1n) is 6.71. The molecule has 1 aliphatic heterocycles. The van der Waals surface area contributed by atoms with E-state index in [1.165, 1.54) is 12.1 Å². The van der Waals surface area contributed by atoms with Gasteiger partial charge < -0.3 is 9.47 Å². The minimum Gasteiger partial charge on any atom is -0.444 e. The Labute approximate surface area is 118 Å². The van der Waals surface area contributed by atoms with Crippen LogP contribution >= 0.6 is 0 Å². The van der Waals surface area contributed by atoms with E-state index in [1.807, 2.05) is 26.8 Å². The van der Waals surface area contributed by atoms with Crippen molar-refractivity contribution in [3.8, 4) is 0 Å². The molecule has 110 valence electrons. The predicted molar refractivity (Wildman–Crippen MR) is 72.8 cm³/mol. The van der Waals surface area contributed by atoms with Gasteiger partial charge in [0.2, 0.25) is 0 Å². The van der Waals surface area contributed by atoms with Crippen molar-refractivity contribution in [2.75, 3.05) is 13.2 Å². The van der Waals surface area contributed by atoms with Crippen LogP contribution in [0, 0.1) is 5.82 Å². The maximum Gasteiger partial charge on any atom is 0.412 e. The molecule has 1 aliphatic rings. The van der Waals surface area contributed by atoms with Crippen LogP contribution in [0.3, 0.4) is 0 Å². The number of carbonyl (C=O) groups excluding carboxylic acids is 1. The van der Waals surface area contributed by atoms with Gasteiger partial charge in [-0.15, -0.1) is 0 Å². The number of hydrogen-bond donors (Lipinski definition) is 0. The second-order valence-electron chi connectivity index (χ2n) is 5.83. The molecule has 0 N–H and O–H groups in total. The number of nitrogens with zero attached hydrogens (tertiary/aromatic N) is 1. The van der Waals surface area contributed by atoms with Crippen LogP contribution in [0.15, 0.2) is 24.3 Å². The summed E-state index contributed by atoms with van der Waals surface area (Å²) in [6.07, 6.45) is -0.333. The molecule has 1 aromatic carbocycles. The lowest BCUT2D eigenvalue weighted by Gasteiger charge is -2.27. The smallest absolute Gasteiger partial charge is 0.412 e. The van der Waals surface area contributed by atoms with Gasteiger partial charge in [0.15, 0.2) is 0 Å². The number of carbonyl (C=O) groups is 1. The molecule has 0 bridgehead atoms. The van der Waals surface area contributed by atoms with E-state index in [4.69, 9.17) is 9.47 Å². The van der Waals surface area contributed by atoms with E-state index in [0.29, 0.717) is 19.6 Å². The maximum absolute atomic E-state index is 13.2. The average Bonchev–Trinajstić information content (AvgIpc) is 2.75. The standard InChI is InChI=1S/C15H20FNO3/c1-15(2,3)20-14(18)17-7-8-19-13(17)10-11-5-4-6-12(16)9-11/h4-6,9,13H,7-8,10H2,1-3H3. The molecule has 20 heavy (non-hydrogen) atoms. The quantitative estimate of drug-likeness (QED) is 0.836. The normalized spacial score (nSPS) is 19.2. The van der Waals surface area contributed by atoms with Crippen LogP contribution < -0.4 is 0 Å². The number of hydrogen-bond acceptors (Lipinski definition) is 3. The highest BCUT2D eigenvalue weighted by molar-refractivity contribution is 5.68. The van der Waals surface area contributed by atoms with E-state index < -0.39 is 17.9 Å². The topological polar surface area (TPSA) is 38.8 Å². The Morgan fingerprint density at radius 1 is 1.50 bits per heavy atom. The molecule has 1 amide bonds. The SMILES string of the molecule is CC(C)(C)OC(=O)N1CCOC1Cc1cccc(F)c1. The number of rotatable bonds is 2. The molecular weight excluding hydrogens is 261 g/mol. The summed E-state index contributed by atoms with van der Waals surface area (Å²) in [4.78, 5) is 13.6. The van der Waals surface area contributed by atoms with Crippen LogP contribution in [0.1, 0.15) is 26.3 Å². The summed E-state index contributed by atoms with van der Waals surface area (Å²) < 4.78 is 24.1. The summed E-state index contributed by atoms with van der Waals surface area (Å²) >= 11 is 0. The van der Waals surface area contributed by atoms with E-state index in [1.54, 1.807) is 11.0 Å². The van der Waals surface area contributed by atoms with E-state index in [-0.39, 0.29) is 5.82 Å². The summed E-state index contributed by atoms with van der Waals surface area (Å²) in [5, 5.41) is 0. The number of halogens is 1. The predicted octanol–water partition coefficient (Wildman–Crippen LogP) is 2.96. The average molecular weight is 281 g/mol. The lowest BCUT2D eigenvalue weighted by Crippen LogP contribution is -2.41. The molecule has 4 nitrogen and oxygen atoms in total.